The second kappa shape index (κ2) is 5.14. The van der Waals surface area contributed by atoms with Crippen LogP contribution in [0.1, 0.15) is 12.0 Å². The molecule has 1 rings (SSSR count). The van der Waals surface area contributed by atoms with Gasteiger partial charge in [-0.15, -0.1) is 0 Å². The van der Waals surface area contributed by atoms with Gasteiger partial charge in [-0.2, -0.15) is 0 Å². The highest BCUT2D eigenvalue weighted by molar-refractivity contribution is 9.10. The molecular formula is C10H11BrFN. The normalized spacial score (nSPS) is 11.0. The molecule has 1 nitrogen and oxygen atoms in total. The Balaban J connectivity index is 2.73. The lowest BCUT2D eigenvalue weighted by atomic mass is 10.2. The van der Waals surface area contributed by atoms with Gasteiger partial charge in [-0.3, -0.25) is 0 Å². The van der Waals surface area contributed by atoms with Crippen molar-refractivity contribution in [3.8, 4) is 0 Å². The minimum Gasteiger partial charge on any atom is -0.330 e. The highest BCUT2D eigenvalue weighted by Gasteiger charge is 1.96. The number of hydrogen-bond donors (Lipinski definition) is 1. The summed E-state index contributed by atoms with van der Waals surface area (Å²) in [4.78, 5) is 0. The molecule has 1 aromatic rings. The predicted octanol–water partition coefficient (Wildman–Crippen LogP) is 2.95. The van der Waals surface area contributed by atoms with Crippen LogP contribution in [0.4, 0.5) is 4.39 Å². The molecular weight excluding hydrogens is 233 g/mol. The summed E-state index contributed by atoms with van der Waals surface area (Å²) < 4.78 is 13.3. The van der Waals surface area contributed by atoms with E-state index in [2.05, 4.69) is 15.9 Å². The maximum absolute atomic E-state index is 12.8. The molecule has 0 saturated heterocycles. The number of halogens is 2. The zero-order valence-electron chi connectivity index (χ0n) is 7.13. The molecule has 13 heavy (non-hydrogen) atoms. The second-order valence-electron chi connectivity index (χ2n) is 2.65. The molecule has 0 fully saturated rings. The van der Waals surface area contributed by atoms with Gasteiger partial charge in [-0.25, -0.2) is 4.39 Å². The van der Waals surface area contributed by atoms with Crippen molar-refractivity contribution in [2.75, 3.05) is 6.54 Å². The maximum atomic E-state index is 12.8. The van der Waals surface area contributed by atoms with Crippen LogP contribution in [0.15, 0.2) is 28.7 Å². The first kappa shape index (κ1) is 10.4. The lowest BCUT2D eigenvalue weighted by Crippen LogP contribution is -1.94. The third-order valence-electron chi connectivity index (χ3n) is 1.59. The zero-order chi connectivity index (χ0) is 9.68. The third-order valence-corrected chi connectivity index (χ3v) is 2.19. The summed E-state index contributed by atoms with van der Waals surface area (Å²) in [6.07, 6.45) is 4.74. The van der Waals surface area contributed by atoms with Gasteiger partial charge in [0, 0.05) is 0 Å². The van der Waals surface area contributed by atoms with Crippen LogP contribution in [-0.2, 0) is 0 Å². The van der Waals surface area contributed by atoms with E-state index in [-0.39, 0.29) is 5.82 Å². The van der Waals surface area contributed by atoms with E-state index < -0.39 is 0 Å². The Hall–Kier alpha value is -0.670. The SMILES string of the molecule is NCC/C=C/c1ccc(F)c(Br)c1. The van der Waals surface area contributed by atoms with Gasteiger partial charge in [0.2, 0.25) is 0 Å². The van der Waals surface area contributed by atoms with Crippen LogP contribution < -0.4 is 5.73 Å². The van der Waals surface area contributed by atoms with Crippen LogP contribution in [0.25, 0.3) is 6.08 Å². The molecule has 0 aromatic heterocycles. The van der Waals surface area contributed by atoms with E-state index in [1.165, 1.54) is 6.07 Å². The smallest absolute Gasteiger partial charge is 0.137 e. The number of rotatable bonds is 3. The van der Waals surface area contributed by atoms with E-state index in [4.69, 9.17) is 5.73 Å². The Morgan fingerprint density at radius 1 is 1.46 bits per heavy atom. The lowest BCUT2D eigenvalue weighted by molar-refractivity contribution is 0.621. The summed E-state index contributed by atoms with van der Waals surface area (Å²) in [5, 5.41) is 0. The average Bonchev–Trinajstić information content (AvgIpc) is 2.12. The van der Waals surface area contributed by atoms with Crippen molar-refractivity contribution in [2.45, 2.75) is 6.42 Å². The van der Waals surface area contributed by atoms with Gasteiger partial charge >= 0.3 is 0 Å². The van der Waals surface area contributed by atoms with E-state index in [1.807, 2.05) is 12.2 Å². The molecule has 0 aliphatic rings. The molecule has 0 aliphatic heterocycles. The molecule has 0 radical (unpaired) electrons. The summed E-state index contributed by atoms with van der Waals surface area (Å²) in [6.45, 7) is 0.638. The van der Waals surface area contributed by atoms with Gasteiger partial charge < -0.3 is 5.73 Å². The second-order valence-corrected chi connectivity index (χ2v) is 3.51. The van der Waals surface area contributed by atoms with Crippen LogP contribution in [0.3, 0.4) is 0 Å². The molecule has 2 N–H and O–H groups in total. The number of hydrogen-bond acceptors (Lipinski definition) is 1. The molecule has 0 unspecified atom stereocenters. The van der Waals surface area contributed by atoms with E-state index in [9.17, 15) is 4.39 Å². The first-order valence-electron chi connectivity index (χ1n) is 4.05. The van der Waals surface area contributed by atoms with Crippen LogP contribution in [0, 0.1) is 5.82 Å². The molecule has 0 aliphatic carbocycles. The summed E-state index contributed by atoms with van der Waals surface area (Å²) in [5.41, 5.74) is 6.30. The standard InChI is InChI=1S/C10H11BrFN/c11-9-7-8(3-1-2-6-13)4-5-10(9)12/h1,3-5,7H,2,6,13H2/b3-1+. The number of nitrogens with two attached hydrogens (primary N) is 1. The monoisotopic (exact) mass is 243 g/mol. The first-order valence-corrected chi connectivity index (χ1v) is 4.85. The van der Waals surface area contributed by atoms with Gasteiger partial charge in [0.15, 0.2) is 0 Å². The van der Waals surface area contributed by atoms with Crippen molar-refractivity contribution in [3.05, 3.63) is 40.1 Å². The van der Waals surface area contributed by atoms with Crippen LogP contribution in [0.5, 0.6) is 0 Å². The largest absolute Gasteiger partial charge is 0.330 e. The summed E-state index contributed by atoms with van der Waals surface area (Å²) in [6, 6.07) is 4.90. The quantitative estimate of drug-likeness (QED) is 0.869. The summed E-state index contributed by atoms with van der Waals surface area (Å²) >= 11 is 3.12. The maximum Gasteiger partial charge on any atom is 0.137 e. The highest BCUT2D eigenvalue weighted by Crippen LogP contribution is 2.17. The van der Waals surface area contributed by atoms with Crippen molar-refractivity contribution in [3.63, 3.8) is 0 Å². The molecule has 0 amide bonds. The van der Waals surface area contributed by atoms with Crippen LogP contribution >= 0.6 is 15.9 Å². The first-order chi connectivity index (χ1) is 6.24. The predicted molar refractivity (Wildman–Crippen MR) is 56.8 cm³/mol. The average molecular weight is 244 g/mol. The Morgan fingerprint density at radius 2 is 2.23 bits per heavy atom. The minimum atomic E-state index is -0.240. The molecule has 0 bridgehead atoms. The van der Waals surface area contributed by atoms with Crippen molar-refractivity contribution in [1.82, 2.24) is 0 Å². The summed E-state index contributed by atoms with van der Waals surface area (Å²) in [5.74, 6) is -0.240. The molecule has 0 heterocycles. The van der Waals surface area contributed by atoms with Crippen LogP contribution in [-0.4, -0.2) is 6.54 Å². The topological polar surface area (TPSA) is 26.0 Å². The Bertz CT molecular complexity index is 310. The van der Waals surface area contributed by atoms with Crippen molar-refractivity contribution in [2.24, 2.45) is 5.73 Å². The molecule has 1 aromatic carbocycles. The fourth-order valence-electron chi connectivity index (χ4n) is 0.932. The van der Waals surface area contributed by atoms with Gasteiger partial charge in [0.05, 0.1) is 4.47 Å². The van der Waals surface area contributed by atoms with Crippen molar-refractivity contribution in [1.29, 1.82) is 0 Å². The third kappa shape index (κ3) is 3.28. The van der Waals surface area contributed by atoms with Gasteiger partial charge in [-0.1, -0.05) is 18.2 Å². The van der Waals surface area contributed by atoms with E-state index in [0.717, 1.165) is 12.0 Å². The molecule has 0 atom stereocenters. The van der Waals surface area contributed by atoms with Crippen molar-refractivity contribution < 1.29 is 4.39 Å². The van der Waals surface area contributed by atoms with Crippen LogP contribution in [0.2, 0.25) is 0 Å². The molecule has 70 valence electrons. The Kier molecular flexibility index (Phi) is 4.12. The van der Waals surface area contributed by atoms with Gasteiger partial charge in [0.1, 0.15) is 5.82 Å². The molecule has 0 saturated carbocycles. The van der Waals surface area contributed by atoms with E-state index >= 15 is 0 Å². The van der Waals surface area contributed by atoms with E-state index in [0.29, 0.717) is 11.0 Å². The van der Waals surface area contributed by atoms with Crippen molar-refractivity contribution >= 4 is 22.0 Å². The highest BCUT2D eigenvalue weighted by atomic mass is 79.9. The zero-order valence-corrected chi connectivity index (χ0v) is 8.72. The number of benzene rings is 1. The van der Waals surface area contributed by atoms with Gasteiger partial charge in [-0.05, 0) is 46.6 Å². The summed E-state index contributed by atoms with van der Waals surface area (Å²) in [7, 11) is 0. The Morgan fingerprint density at radius 3 is 2.85 bits per heavy atom. The van der Waals surface area contributed by atoms with Gasteiger partial charge in [0.25, 0.3) is 0 Å². The fraction of sp³-hybridized carbons (Fsp3) is 0.200. The Labute approximate surface area is 85.6 Å². The fourth-order valence-corrected chi connectivity index (χ4v) is 1.33. The minimum absolute atomic E-state index is 0.240. The molecule has 0 spiro atoms. The molecule has 3 heteroatoms. The lowest BCUT2D eigenvalue weighted by Gasteiger charge is -1.96. The van der Waals surface area contributed by atoms with E-state index in [1.54, 1.807) is 12.1 Å².